The molecule has 5 nitrogen and oxygen atoms in total. The number of nitrogens with one attached hydrogen (secondary N) is 1. The van der Waals surface area contributed by atoms with Gasteiger partial charge in [0.1, 0.15) is 0 Å². The summed E-state index contributed by atoms with van der Waals surface area (Å²) >= 11 is 0. The summed E-state index contributed by atoms with van der Waals surface area (Å²) in [5.41, 5.74) is 4.81. The molecule has 1 atom stereocenters. The number of carbonyl (C=O) groups is 1. The number of rotatable bonds is 5. The normalized spacial score (nSPS) is 15.7. The number of carbonyl (C=O) groups excluding carboxylic acids is 1. The van der Waals surface area contributed by atoms with Gasteiger partial charge in [0.15, 0.2) is 0 Å². The Morgan fingerprint density at radius 3 is 2.52 bits per heavy atom. The zero-order valence-corrected chi connectivity index (χ0v) is 14.7. The van der Waals surface area contributed by atoms with Crippen LogP contribution in [0.25, 0.3) is 0 Å². The first-order chi connectivity index (χ1) is 13.3. The van der Waals surface area contributed by atoms with Gasteiger partial charge in [-0.15, -0.1) is 0 Å². The predicted octanol–water partition coefficient (Wildman–Crippen LogP) is 3.80. The maximum absolute atomic E-state index is 12.4. The molecule has 0 radical (unpaired) electrons. The van der Waals surface area contributed by atoms with Crippen LogP contribution in [0.3, 0.4) is 0 Å². The first kappa shape index (κ1) is 17.0. The number of anilines is 1. The van der Waals surface area contributed by atoms with Gasteiger partial charge in [-0.05, 0) is 41.8 Å². The standard InChI is InChI=1S/C22H19N3O2/c26-22(21-14-20(25-27-21)18-7-4-12-23-15-18)24-19-10-8-17(9-11-19)13-16-5-2-1-3-6-16/h1-12,15,21H,13-14H2,(H,24,26). The predicted molar refractivity (Wildman–Crippen MR) is 105 cm³/mol. The molecule has 3 aromatic rings. The lowest BCUT2D eigenvalue weighted by Crippen LogP contribution is -2.28. The van der Waals surface area contributed by atoms with E-state index >= 15 is 0 Å². The van der Waals surface area contributed by atoms with E-state index in [2.05, 4.69) is 27.6 Å². The molecule has 1 amide bonds. The Hall–Kier alpha value is -3.47. The van der Waals surface area contributed by atoms with Crippen molar-refractivity contribution in [2.24, 2.45) is 5.16 Å². The Bertz CT molecular complexity index is 938. The molecule has 0 aliphatic carbocycles. The Balaban J connectivity index is 1.34. The molecule has 4 rings (SSSR count). The number of nitrogens with zero attached hydrogens (tertiary/aromatic N) is 2. The SMILES string of the molecule is O=C(Nc1ccc(Cc2ccccc2)cc1)C1CC(c2cccnc2)=NO1. The highest BCUT2D eigenvalue weighted by molar-refractivity contribution is 6.05. The fraction of sp³-hybridized carbons (Fsp3) is 0.136. The highest BCUT2D eigenvalue weighted by Gasteiger charge is 2.29. The van der Waals surface area contributed by atoms with Crippen LogP contribution in [0.2, 0.25) is 0 Å². The van der Waals surface area contributed by atoms with Crippen molar-refractivity contribution in [1.29, 1.82) is 0 Å². The molecule has 1 N–H and O–H groups in total. The van der Waals surface area contributed by atoms with Crippen LogP contribution in [-0.4, -0.2) is 22.7 Å². The van der Waals surface area contributed by atoms with Crippen molar-refractivity contribution in [2.75, 3.05) is 5.32 Å². The summed E-state index contributed by atoms with van der Waals surface area (Å²) in [6.07, 6.45) is 4.09. The summed E-state index contributed by atoms with van der Waals surface area (Å²) in [5, 5.41) is 6.92. The van der Waals surface area contributed by atoms with Gasteiger partial charge in [0.25, 0.3) is 5.91 Å². The molecule has 1 unspecified atom stereocenters. The van der Waals surface area contributed by atoms with Gasteiger partial charge in [0.2, 0.25) is 6.10 Å². The van der Waals surface area contributed by atoms with Gasteiger partial charge in [0.05, 0.1) is 5.71 Å². The highest BCUT2D eigenvalue weighted by Crippen LogP contribution is 2.19. The van der Waals surface area contributed by atoms with E-state index in [4.69, 9.17) is 4.84 Å². The minimum atomic E-state index is -0.621. The lowest BCUT2D eigenvalue weighted by atomic mass is 10.0. The first-order valence-electron chi connectivity index (χ1n) is 8.85. The van der Waals surface area contributed by atoms with Crippen LogP contribution in [0.15, 0.2) is 84.3 Å². The molecule has 0 saturated carbocycles. The maximum Gasteiger partial charge on any atom is 0.268 e. The van der Waals surface area contributed by atoms with E-state index < -0.39 is 6.10 Å². The van der Waals surface area contributed by atoms with Gasteiger partial charge in [-0.3, -0.25) is 9.78 Å². The van der Waals surface area contributed by atoms with Crippen LogP contribution in [-0.2, 0) is 16.1 Å². The van der Waals surface area contributed by atoms with Gasteiger partial charge in [0, 0.05) is 30.1 Å². The largest absolute Gasteiger partial charge is 0.382 e. The Kier molecular flexibility index (Phi) is 4.92. The van der Waals surface area contributed by atoms with E-state index in [1.165, 1.54) is 11.1 Å². The van der Waals surface area contributed by atoms with Gasteiger partial charge in [-0.25, -0.2) is 0 Å². The smallest absolute Gasteiger partial charge is 0.268 e. The monoisotopic (exact) mass is 357 g/mol. The Morgan fingerprint density at radius 1 is 1.00 bits per heavy atom. The molecule has 0 spiro atoms. The van der Waals surface area contributed by atoms with Crippen molar-refractivity contribution < 1.29 is 9.63 Å². The van der Waals surface area contributed by atoms with Crippen molar-refractivity contribution in [1.82, 2.24) is 4.98 Å². The highest BCUT2D eigenvalue weighted by atomic mass is 16.6. The molecule has 1 aliphatic heterocycles. The maximum atomic E-state index is 12.4. The van der Waals surface area contributed by atoms with E-state index in [-0.39, 0.29) is 5.91 Å². The summed E-state index contributed by atoms with van der Waals surface area (Å²) in [6, 6.07) is 21.9. The third-order valence-electron chi connectivity index (χ3n) is 4.43. The summed E-state index contributed by atoms with van der Waals surface area (Å²) in [6.45, 7) is 0. The van der Waals surface area contributed by atoms with Crippen molar-refractivity contribution >= 4 is 17.3 Å². The number of aromatic nitrogens is 1. The second-order valence-corrected chi connectivity index (χ2v) is 6.43. The molecular weight excluding hydrogens is 338 g/mol. The Morgan fingerprint density at radius 2 is 1.78 bits per heavy atom. The molecule has 1 aromatic heterocycles. The number of amides is 1. The fourth-order valence-electron chi connectivity index (χ4n) is 2.98. The molecule has 27 heavy (non-hydrogen) atoms. The first-order valence-corrected chi connectivity index (χ1v) is 8.85. The second-order valence-electron chi connectivity index (χ2n) is 6.43. The molecule has 0 fully saturated rings. The quantitative estimate of drug-likeness (QED) is 0.755. The van der Waals surface area contributed by atoms with Crippen LogP contribution < -0.4 is 5.32 Å². The zero-order valence-electron chi connectivity index (χ0n) is 14.7. The van der Waals surface area contributed by atoms with E-state index in [9.17, 15) is 4.79 Å². The molecule has 1 aliphatic rings. The minimum Gasteiger partial charge on any atom is -0.382 e. The second kappa shape index (κ2) is 7.83. The van der Waals surface area contributed by atoms with Crippen LogP contribution in [0, 0.1) is 0 Å². The van der Waals surface area contributed by atoms with Gasteiger partial charge in [-0.1, -0.05) is 47.6 Å². The third-order valence-corrected chi connectivity index (χ3v) is 4.43. The Labute approximate surface area is 157 Å². The molecular formula is C22H19N3O2. The summed E-state index contributed by atoms with van der Waals surface area (Å²) < 4.78 is 0. The fourth-order valence-corrected chi connectivity index (χ4v) is 2.98. The number of hydrogen-bond donors (Lipinski definition) is 1. The number of hydrogen-bond acceptors (Lipinski definition) is 4. The number of benzene rings is 2. The zero-order chi connectivity index (χ0) is 18.5. The van der Waals surface area contributed by atoms with Crippen molar-refractivity contribution in [3.8, 4) is 0 Å². The van der Waals surface area contributed by atoms with E-state index in [0.717, 1.165) is 23.4 Å². The van der Waals surface area contributed by atoms with E-state index in [1.54, 1.807) is 12.4 Å². The third kappa shape index (κ3) is 4.20. The molecule has 134 valence electrons. The topological polar surface area (TPSA) is 63.6 Å². The van der Waals surface area contributed by atoms with E-state index in [1.807, 2.05) is 54.6 Å². The van der Waals surface area contributed by atoms with Gasteiger partial charge < -0.3 is 10.2 Å². The van der Waals surface area contributed by atoms with Crippen molar-refractivity contribution in [3.05, 3.63) is 95.8 Å². The molecule has 5 heteroatoms. The molecule has 0 saturated heterocycles. The average Bonchev–Trinajstić information content (AvgIpc) is 3.21. The van der Waals surface area contributed by atoms with Crippen LogP contribution in [0.4, 0.5) is 5.69 Å². The number of pyridine rings is 1. The van der Waals surface area contributed by atoms with Gasteiger partial charge >= 0.3 is 0 Å². The van der Waals surface area contributed by atoms with Gasteiger partial charge in [-0.2, -0.15) is 0 Å². The average molecular weight is 357 g/mol. The summed E-state index contributed by atoms with van der Waals surface area (Å²) in [4.78, 5) is 21.8. The lowest BCUT2D eigenvalue weighted by Gasteiger charge is -2.10. The van der Waals surface area contributed by atoms with E-state index in [0.29, 0.717) is 6.42 Å². The lowest BCUT2D eigenvalue weighted by molar-refractivity contribution is -0.125. The van der Waals surface area contributed by atoms with Crippen molar-refractivity contribution in [2.45, 2.75) is 18.9 Å². The van der Waals surface area contributed by atoms with Crippen LogP contribution >= 0.6 is 0 Å². The van der Waals surface area contributed by atoms with Crippen molar-refractivity contribution in [3.63, 3.8) is 0 Å². The molecule has 2 heterocycles. The summed E-state index contributed by atoms with van der Waals surface area (Å²) in [5.74, 6) is -0.201. The molecule has 0 bridgehead atoms. The molecule has 2 aromatic carbocycles. The number of oxime groups is 1. The van der Waals surface area contributed by atoms with Crippen LogP contribution in [0.5, 0.6) is 0 Å². The minimum absolute atomic E-state index is 0.201. The van der Waals surface area contributed by atoms with Crippen LogP contribution in [0.1, 0.15) is 23.1 Å². The summed E-state index contributed by atoms with van der Waals surface area (Å²) in [7, 11) is 0.